The van der Waals surface area contributed by atoms with E-state index < -0.39 is 0 Å². The Labute approximate surface area is 91.0 Å². The van der Waals surface area contributed by atoms with E-state index in [0.717, 1.165) is 19.3 Å². The van der Waals surface area contributed by atoms with Crippen molar-refractivity contribution in [1.29, 1.82) is 5.26 Å². The topological polar surface area (TPSA) is 70.1 Å². The average molecular weight is 209 g/mol. The van der Waals surface area contributed by atoms with Crippen LogP contribution in [0, 0.1) is 17.2 Å². The Balaban J connectivity index is 2.69. The van der Waals surface area contributed by atoms with Crippen molar-refractivity contribution in [2.45, 2.75) is 45.2 Å². The molecule has 15 heavy (non-hydrogen) atoms. The van der Waals surface area contributed by atoms with Crippen LogP contribution >= 0.6 is 0 Å². The number of rotatable bonds is 3. The number of hydrogen-bond donors (Lipinski definition) is 1. The Morgan fingerprint density at radius 1 is 1.67 bits per heavy atom. The zero-order chi connectivity index (χ0) is 11.4. The quantitative estimate of drug-likeness (QED) is 0.750. The highest BCUT2D eigenvalue weighted by Gasteiger charge is 2.32. The molecule has 1 aliphatic rings. The van der Waals surface area contributed by atoms with E-state index in [9.17, 15) is 4.79 Å². The molecular formula is C11H19N3O. The first-order valence-electron chi connectivity index (χ1n) is 5.54. The molecular weight excluding hydrogens is 190 g/mol. The van der Waals surface area contributed by atoms with Crippen LogP contribution in [0.2, 0.25) is 0 Å². The van der Waals surface area contributed by atoms with E-state index in [1.165, 1.54) is 0 Å². The third kappa shape index (κ3) is 2.69. The van der Waals surface area contributed by atoms with Crippen molar-refractivity contribution in [3.8, 4) is 6.07 Å². The molecule has 3 atom stereocenters. The molecule has 4 nitrogen and oxygen atoms in total. The normalized spacial score (nSPS) is 29.4. The van der Waals surface area contributed by atoms with E-state index in [2.05, 4.69) is 17.9 Å². The molecule has 0 aromatic rings. The highest BCUT2D eigenvalue weighted by atomic mass is 16.1. The smallest absolute Gasteiger partial charge is 0.221 e. The molecule has 84 valence electrons. The molecule has 0 saturated carbocycles. The molecule has 0 spiro atoms. The number of piperidine rings is 1. The molecule has 0 aromatic carbocycles. The Morgan fingerprint density at radius 3 is 2.80 bits per heavy atom. The predicted molar refractivity (Wildman–Crippen MR) is 57.8 cm³/mol. The van der Waals surface area contributed by atoms with Gasteiger partial charge >= 0.3 is 0 Å². The maximum Gasteiger partial charge on any atom is 0.221 e. The number of nitrogens with zero attached hydrogens (tertiary/aromatic N) is 2. The summed E-state index contributed by atoms with van der Waals surface area (Å²) in [6, 6.07) is 2.58. The van der Waals surface area contributed by atoms with Crippen LogP contribution in [0.15, 0.2) is 0 Å². The monoisotopic (exact) mass is 209 g/mol. The van der Waals surface area contributed by atoms with Crippen molar-refractivity contribution in [2.75, 3.05) is 6.54 Å². The van der Waals surface area contributed by atoms with Crippen LogP contribution in [-0.2, 0) is 4.79 Å². The first kappa shape index (κ1) is 12.0. The second-order valence-corrected chi connectivity index (χ2v) is 4.28. The van der Waals surface area contributed by atoms with Crippen LogP contribution in [0.3, 0.4) is 0 Å². The highest BCUT2D eigenvalue weighted by Crippen LogP contribution is 2.24. The maximum absolute atomic E-state index is 11.1. The van der Waals surface area contributed by atoms with Crippen LogP contribution in [0.5, 0.6) is 0 Å². The highest BCUT2D eigenvalue weighted by molar-refractivity contribution is 5.77. The minimum Gasteiger partial charge on any atom is -0.369 e. The summed E-state index contributed by atoms with van der Waals surface area (Å²) < 4.78 is 0. The molecule has 2 N–H and O–H groups in total. The van der Waals surface area contributed by atoms with E-state index in [-0.39, 0.29) is 17.9 Å². The van der Waals surface area contributed by atoms with E-state index in [0.29, 0.717) is 12.6 Å². The maximum atomic E-state index is 11.1. The summed E-state index contributed by atoms with van der Waals surface area (Å²) in [5, 5.41) is 9.01. The molecule has 1 saturated heterocycles. The molecule has 1 amide bonds. The fraction of sp³-hybridized carbons (Fsp3) is 0.818. The lowest BCUT2D eigenvalue weighted by atomic mass is 9.91. The summed E-state index contributed by atoms with van der Waals surface area (Å²) >= 11 is 0. The second-order valence-electron chi connectivity index (χ2n) is 4.28. The number of likely N-dealkylation sites (tertiary alicyclic amines) is 1. The SMILES string of the molecule is CCC(C#N)N1CC(C(N)=O)CCC1C. The van der Waals surface area contributed by atoms with Crippen LogP contribution in [0.1, 0.15) is 33.1 Å². The van der Waals surface area contributed by atoms with Crippen molar-refractivity contribution in [3.63, 3.8) is 0 Å². The van der Waals surface area contributed by atoms with Crippen molar-refractivity contribution in [2.24, 2.45) is 11.7 Å². The number of hydrogen-bond acceptors (Lipinski definition) is 3. The summed E-state index contributed by atoms with van der Waals surface area (Å²) in [7, 11) is 0. The fourth-order valence-electron chi connectivity index (χ4n) is 2.20. The molecule has 1 fully saturated rings. The van der Waals surface area contributed by atoms with Crippen LogP contribution in [0.25, 0.3) is 0 Å². The molecule has 1 aliphatic heterocycles. The first-order valence-corrected chi connectivity index (χ1v) is 5.54. The van der Waals surface area contributed by atoms with Gasteiger partial charge in [-0.3, -0.25) is 9.69 Å². The van der Waals surface area contributed by atoms with Crippen LogP contribution in [0.4, 0.5) is 0 Å². The summed E-state index contributed by atoms with van der Waals surface area (Å²) in [5.74, 6) is -0.316. The van der Waals surface area contributed by atoms with Crippen molar-refractivity contribution >= 4 is 5.91 Å². The van der Waals surface area contributed by atoms with Gasteiger partial charge in [-0.15, -0.1) is 0 Å². The number of nitrogens with two attached hydrogens (primary N) is 1. The molecule has 0 bridgehead atoms. The second kappa shape index (κ2) is 5.13. The van der Waals surface area contributed by atoms with Gasteiger partial charge in [0.05, 0.1) is 18.0 Å². The number of carbonyl (C=O) groups is 1. The standard InChI is InChI=1S/C11H19N3O/c1-3-10(6-12)14-7-9(11(13)15)5-4-8(14)2/h8-10H,3-5,7H2,1-2H3,(H2,13,15). The lowest BCUT2D eigenvalue weighted by Crippen LogP contribution is -2.49. The van der Waals surface area contributed by atoms with E-state index in [4.69, 9.17) is 11.0 Å². The van der Waals surface area contributed by atoms with Gasteiger partial charge in [-0.2, -0.15) is 5.26 Å². The van der Waals surface area contributed by atoms with Crippen molar-refractivity contribution < 1.29 is 4.79 Å². The Kier molecular flexibility index (Phi) is 4.10. The molecule has 0 aliphatic carbocycles. The first-order chi connectivity index (χ1) is 7.10. The largest absolute Gasteiger partial charge is 0.369 e. The van der Waals surface area contributed by atoms with Gasteiger partial charge < -0.3 is 5.73 Å². The summed E-state index contributed by atoms with van der Waals surface area (Å²) in [6.07, 6.45) is 2.60. The minimum atomic E-state index is -0.236. The summed E-state index contributed by atoms with van der Waals surface area (Å²) in [4.78, 5) is 13.2. The zero-order valence-corrected chi connectivity index (χ0v) is 9.44. The number of nitriles is 1. The molecule has 1 rings (SSSR count). The predicted octanol–water partition coefficient (Wildman–Crippen LogP) is 0.874. The van der Waals surface area contributed by atoms with Gasteiger partial charge in [0.2, 0.25) is 5.91 Å². The van der Waals surface area contributed by atoms with Crippen molar-refractivity contribution in [3.05, 3.63) is 0 Å². The Hall–Kier alpha value is -1.08. The zero-order valence-electron chi connectivity index (χ0n) is 9.44. The summed E-state index contributed by atoms with van der Waals surface area (Å²) in [5.41, 5.74) is 5.31. The molecule has 0 radical (unpaired) electrons. The van der Waals surface area contributed by atoms with Crippen LogP contribution in [-0.4, -0.2) is 29.4 Å². The van der Waals surface area contributed by atoms with Gasteiger partial charge in [0.15, 0.2) is 0 Å². The third-order valence-electron chi connectivity index (χ3n) is 3.27. The van der Waals surface area contributed by atoms with Gasteiger partial charge in [-0.25, -0.2) is 0 Å². The van der Waals surface area contributed by atoms with E-state index >= 15 is 0 Å². The van der Waals surface area contributed by atoms with Crippen LogP contribution < -0.4 is 5.73 Å². The lowest BCUT2D eigenvalue weighted by Gasteiger charge is -2.39. The van der Waals surface area contributed by atoms with Gasteiger partial charge in [0.1, 0.15) is 0 Å². The number of amides is 1. The Bertz CT molecular complexity index is 271. The Morgan fingerprint density at radius 2 is 2.33 bits per heavy atom. The molecule has 0 aromatic heterocycles. The van der Waals surface area contributed by atoms with Gasteiger partial charge in [0.25, 0.3) is 0 Å². The number of carbonyl (C=O) groups excluding carboxylic acids is 1. The fourth-order valence-corrected chi connectivity index (χ4v) is 2.20. The minimum absolute atomic E-state index is 0.0800. The van der Waals surface area contributed by atoms with Crippen molar-refractivity contribution in [1.82, 2.24) is 4.90 Å². The molecule has 4 heteroatoms. The van der Waals surface area contributed by atoms with E-state index in [1.54, 1.807) is 0 Å². The summed E-state index contributed by atoms with van der Waals surface area (Å²) in [6.45, 7) is 4.74. The third-order valence-corrected chi connectivity index (χ3v) is 3.27. The molecule has 3 unspecified atom stereocenters. The number of primary amides is 1. The van der Waals surface area contributed by atoms with Gasteiger partial charge in [-0.1, -0.05) is 6.92 Å². The lowest BCUT2D eigenvalue weighted by molar-refractivity contribution is -0.124. The van der Waals surface area contributed by atoms with Gasteiger partial charge in [0, 0.05) is 12.6 Å². The molecule has 1 heterocycles. The van der Waals surface area contributed by atoms with Gasteiger partial charge in [-0.05, 0) is 26.2 Å². The average Bonchev–Trinajstić information content (AvgIpc) is 2.22. The van der Waals surface area contributed by atoms with E-state index in [1.807, 2.05) is 6.92 Å².